The molecule has 1 rings (SSSR count). The summed E-state index contributed by atoms with van der Waals surface area (Å²) in [5, 5.41) is 10.2. The third-order valence-electron chi connectivity index (χ3n) is 4.81. The van der Waals surface area contributed by atoms with Crippen LogP contribution in [0.25, 0.3) is 0 Å². The van der Waals surface area contributed by atoms with E-state index in [2.05, 4.69) is 46.5 Å². The number of carbonyl (C=O) groups is 1. The van der Waals surface area contributed by atoms with Gasteiger partial charge in [-0.1, -0.05) is 74.1 Å². The van der Waals surface area contributed by atoms with Gasteiger partial charge in [-0.15, -0.1) is 0 Å². The molecule has 0 fully saturated rings. The summed E-state index contributed by atoms with van der Waals surface area (Å²) in [7, 11) is -1.98. The first-order valence-electron chi connectivity index (χ1n) is 9.77. The van der Waals surface area contributed by atoms with Crippen molar-refractivity contribution in [3.8, 4) is 0 Å². The van der Waals surface area contributed by atoms with Gasteiger partial charge < -0.3 is 13.9 Å². The van der Waals surface area contributed by atoms with Crippen molar-refractivity contribution in [3.05, 3.63) is 17.8 Å². The Morgan fingerprint density at radius 2 is 1.70 bits per heavy atom. The maximum atomic E-state index is 12.0. The highest BCUT2D eigenvalue weighted by Crippen LogP contribution is 2.42. The zero-order chi connectivity index (χ0) is 21.0. The van der Waals surface area contributed by atoms with E-state index in [1.54, 1.807) is 0 Å². The minimum absolute atomic E-state index is 0.00852. The van der Waals surface area contributed by atoms with Crippen molar-refractivity contribution in [2.45, 2.75) is 103 Å². The minimum Gasteiger partial charge on any atom is -0.446 e. The molecule has 0 saturated heterocycles. The maximum absolute atomic E-state index is 12.0. The number of oxazole rings is 1. The molecule has 27 heavy (non-hydrogen) atoms. The number of hydrogen-bond acceptors (Lipinski definition) is 6. The van der Waals surface area contributed by atoms with Gasteiger partial charge in [0.15, 0.2) is 5.12 Å². The number of aromatic nitrogens is 1. The number of aliphatic hydroxyl groups excluding tert-OH is 1. The largest absolute Gasteiger partial charge is 0.446 e. The van der Waals surface area contributed by atoms with Gasteiger partial charge in [0, 0.05) is 4.75 Å². The fraction of sp³-hybridized carbons (Fsp3) is 0.800. The fourth-order valence-electron chi connectivity index (χ4n) is 3.87. The molecule has 0 aliphatic heterocycles. The zero-order valence-electron chi connectivity index (χ0n) is 18.3. The Kier molecular flexibility index (Phi) is 8.78. The van der Waals surface area contributed by atoms with Gasteiger partial charge in [0.2, 0.25) is 14.2 Å². The fourth-order valence-corrected chi connectivity index (χ4v) is 10.2. The monoisotopic (exact) mass is 415 g/mol. The first kappa shape index (κ1) is 24.4. The summed E-state index contributed by atoms with van der Waals surface area (Å²) in [6.07, 6.45) is 0.495. The van der Waals surface area contributed by atoms with Crippen molar-refractivity contribution < 1.29 is 18.7 Å². The van der Waals surface area contributed by atoms with Crippen molar-refractivity contribution in [1.82, 2.24) is 4.98 Å². The normalized spacial score (nSPS) is 14.4. The van der Waals surface area contributed by atoms with Crippen LogP contribution in [0.5, 0.6) is 0 Å². The quantitative estimate of drug-likeness (QED) is 0.510. The Morgan fingerprint density at radius 3 is 2.15 bits per heavy atom. The molecular formula is C20H37NO4SSi. The molecule has 1 N–H and O–H groups in total. The van der Waals surface area contributed by atoms with Crippen LogP contribution in [-0.2, 0) is 15.8 Å². The van der Waals surface area contributed by atoms with E-state index in [0.29, 0.717) is 28.9 Å². The summed E-state index contributed by atoms with van der Waals surface area (Å²) in [5.41, 5.74) is 2.13. The molecule has 0 spiro atoms. The Bertz CT molecular complexity index is 586. The number of nitrogens with zero attached hydrogens (tertiary/aromatic N) is 1. The number of aliphatic hydroxyl groups is 1. The van der Waals surface area contributed by atoms with Gasteiger partial charge in [-0.25, -0.2) is 4.98 Å². The minimum atomic E-state index is -1.98. The average molecular weight is 416 g/mol. The molecule has 0 radical (unpaired) electrons. The molecule has 0 aliphatic carbocycles. The van der Waals surface area contributed by atoms with Crippen LogP contribution < -0.4 is 0 Å². The summed E-state index contributed by atoms with van der Waals surface area (Å²) in [5.74, 6) is 0.183. The highest BCUT2D eigenvalue weighted by molar-refractivity contribution is 8.14. The molecule has 1 aromatic rings. The third kappa shape index (κ3) is 6.73. The second-order valence-corrected chi connectivity index (χ2v) is 16.4. The Balaban J connectivity index is 2.78. The Hall–Kier alpha value is -0.633. The van der Waals surface area contributed by atoms with Crippen LogP contribution >= 0.6 is 11.8 Å². The van der Waals surface area contributed by atoms with Crippen LogP contribution in [-0.4, -0.2) is 28.3 Å². The van der Waals surface area contributed by atoms with Gasteiger partial charge in [-0.3, -0.25) is 4.79 Å². The van der Waals surface area contributed by atoms with Crippen LogP contribution in [0.15, 0.2) is 10.7 Å². The van der Waals surface area contributed by atoms with E-state index < -0.39 is 14.4 Å². The average Bonchev–Trinajstić information content (AvgIpc) is 2.93. The number of thioether (sulfide) groups is 1. The highest BCUT2D eigenvalue weighted by atomic mass is 32.2. The van der Waals surface area contributed by atoms with Crippen molar-refractivity contribution in [3.63, 3.8) is 0 Å². The van der Waals surface area contributed by atoms with Crippen LogP contribution in [0, 0.1) is 0 Å². The lowest BCUT2D eigenvalue weighted by Gasteiger charge is -2.41. The van der Waals surface area contributed by atoms with Crippen LogP contribution in [0.1, 0.15) is 86.4 Å². The standard InChI is InChI=1S/C20H37NO4SSi/c1-13(2)27(14(3)4,15(5)6)25-12-16-11-24-19(21-16)17(22)10-18(23)26-20(7,8)9/h11,13-15,17,22H,10,12H2,1-9H3. The summed E-state index contributed by atoms with van der Waals surface area (Å²) in [6, 6.07) is 0. The lowest BCUT2D eigenvalue weighted by Crippen LogP contribution is -2.47. The molecule has 0 aliphatic rings. The molecule has 0 aromatic carbocycles. The smallest absolute Gasteiger partial charge is 0.223 e. The van der Waals surface area contributed by atoms with Crippen molar-refractivity contribution >= 4 is 25.2 Å². The second-order valence-electron chi connectivity index (χ2n) is 9.09. The van der Waals surface area contributed by atoms with Gasteiger partial charge in [-0.05, 0) is 16.6 Å². The van der Waals surface area contributed by atoms with E-state index in [-0.39, 0.29) is 22.2 Å². The molecule has 1 heterocycles. The number of rotatable bonds is 9. The van der Waals surface area contributed by atoms with Gasteiger partial charge in [0.05, 0.1) is 13.0 Å². The Labute approximate surface area is 169 Å². The molecule has 1 aromatic heterocycles. The van der Waals surface area contributed by atoms with Crippen LogP contribution in [0.2, 0.25) is 16.6 Å². The molecule has 0 saturated carbocycles. The highest BCUT2D eigenvalue weighted by Gasteiger charge is 2.45. The zero-order valence-corrected chi connectivity index (χ0v) is 20.1. The SMILES string of the molecule is CC(C)[Si](OCc1coc(C(O)CC(=O)SC(C)(C)C)n1)(C(C)C)C(C)C. The van der Waals surface area contributed by atoms with Gasteiger partial charge >= 0.3 is 0 Å². The first-order chi connectivity index (χ1) is 12.3. The predicted molar refractivity (Wildman–Crippen MR) is 114 cm³/mol. The number of carbonyl (C=O) groups excluding carboxylic acids is 1. The summed E-state index contributed by atoms with van der Waals surface area (Å²) in [6.45, 7) is 19.7. The van der Waals surface area contributed by atoms with E-state index in [1.165, 1.54) is 18.0 Å². The topological polar surface area (TPSA) is 72.6 Å². The second kappa shape index (κ2) is 9.72. The molecule has 156 valence electrons. The first-order valence-corrected chi connectivity index (χ1v) is 12.7. The van der Waals surface area contributed by atoms with Crippen LogP contribution in [0.3, 0.4) is 0 Å². The van der Waals surface area contributed by atoms with Gasteiger partial charge in [-0.2, -0.15) is 0 Å². The molecule has 0 bridgehead atoms. The predicted octanol–water partition coefficient (Wildman–Crippen LogP) is 5.85. The molecule has 5 nitrogen and oxygen atoms in total. The van der Waals surface area contributed by atoms with E-state index in [9.17, 15) is 9.90 Å². The van der Waals surface area contributed by atoms with Crippen molar-refractivity contribution in [1.29, 1.82) is 0 Å². The third-order valence-corrected chi connectivity index (χ3v) is 11.9. The van der Waals surface area contributed by atoms with Crippen LogP contribution in [0.4, 0.5) is 0 Å². The molecule has 7 heteroatoms. The maximum Gasteiger partial charge on any atom is 0.223 e. The molecule has 0 amide bonds. The lowest BCUT2D eigenvalue weighted by atomic mass is 10.2. The summed E-state index contributed by atoms with van der Waals surface area (Å²) in [4.78, 5) is 16.4. The van der Waals surface area contributed by atoms with E-state index in [1.807, 2.05) is 20.8 Å². The van der Waals surface area contributed by atoms with E-state index in [4.69, 9.17) is 8.84 Å². The summed E-state index contributed by atoms with van der Waals surface area (Å²) < 4.78 is 11.7. The molecular weight excluding hydrogens is 378 g/mol. The van der Waals surface area contributed by atoms with Gasteiger partial charge in [0.1, 0.15) is 18.1 Å². The molecule has 1 atom stereocenters. The number of hydrogen-bond donors (Lipinski definition) is 1. The van der Waals surface area contributed by atoms with E-state index in [0.717, 1.165) is 0 Å². The van der Waals surface area contributed by atoms with E-state index >= 15 is 0 Å². The lowest BCUT2D eigenvalue weighted by molar-refractivity contribution is -0.113. The molecule has 1 unspecified atom stereocenters. The summed E-state index contributed by atoms with van der Waals surface area (Å²) >= 11 is 1.22. The van der Waals surface area contributed by atoms with Gasteiger partial charge in [0.25, 0.3) is 0 Å². The van der Waals surface area contributed by atoms with Crippen molar-refractivity contribution in [2.75, 3.05) is 0 Å². The Morgan fingerprint density at radius 1 is 1.19 bits per heavy atom. The van der Waals surface area contributed by atoms with Crippen molar-refractivity contribution in [2.24, 2.45) is 0 Å².